The van der Waals surface area contributed by atoms with Crippen LogP contribution in [0.4, 0.5) is 5.82 Å². The van der Waals surface area contributed by atoms with Crippen molar-refractivity contribution in [2.24, 2.45) is 11.8 Å². The Hall–Kier alpha value is -0.280. The lowest BCUT2D eigenvalue weighted by Gasteiger charge is -2.22. The zero-order chi connectivity index (χ0) is 12.4. The number of rotatable bonds is 3. The van der Waals surface area contributed by atoms with Crippen molar-refractivity contribution in [3.63, 3.8) is 0 Å². The van der Waals surface area contributed by atoms with Crippen molar-refractivity contribution < 1.29 is 0 Å². The molecule has 2 nitrogen and oxygen atoms in total. The maximum absolute atomic E-state index is 6.17. The quantitative estimate of drug-likeness (QED) is 0.871. The topological polar surface area (TPSA) is 24.9 Å². The van der Waals surface area contributed by atoms with Crippen LogP contribution in [0.3, 0.4) is 0 Å². The third kappa shape index (κ3) is 2.94. The summed E-state index contributed by atoms with van der Waals surface area (Å²) in [4.78, 5) is 4.34. The molecule has 2 rings (SSSR count). The van der Waals surface area contributed by atoms with Crippen molar-refractivity contribution in [3.8, 4) is 0 Å². The molecular formula is C13H18BrClN2. The first kappa shape index (κ1) is 13.2. The minimum atomic E-state index is 0.506. The number of hydrogen-bond acceptors (Lipinski definition) is 2. The van der Waals surface area contributed by atoms with Crippen LogP contribution >= 0.6 is 27.5 Å². The third-order valence-electron chi connectivity index (χ3n) is 3.88. The second-order valence-electron chi connectivity index (χ2n) is 4.84. The van der Waals surface area contributed by atoms with Crippen LogP contribution in [0, 0.1) is 11.8 Å². The van der Waals surface area contributed by atoms with Crippen LogP contribution in [0.2, 0.25) is 5.02 Å². The first-order chi connectivity index (χ1) is 8.11. The van der Waals surface area contributed by atoms with Gasteiger partial charge in [-0.2, -0.15) is 0 Å². The maximum Gasteiger partial charge on any atom is 0.145 e. The predicted molar refractivity (Wildman–Crippen MR) is 76.5 cm³/mol. The first-order valence-corrected chi connectivity index (χ1v) is 7.36. The molecule has 0 spiro atoms. The number of pyridine rings is 1. The van der Waals surface area contributed by atoms with Gasteiger partial charge in [-0.05, 0) is 46.7 Å². The molecule has 0 aromatic carbocycles. The molecule has 0 radical (unpaired) electrons. The zero-order valence-electron chi connectivity index (χ0n) is 10.2. The van der Waals surface area contributed by atoms with E-state index >= 15 is 0 Å². The number of hydrogen-bond donors (Lipinski definition) is 1. The minimum absolute atomic E-state index is 0.506. The molecule has 1 N–H and O–H groups in total. The van der Waals surface area contributed by atoms with Gasteiger partial charge in [-0.1, -0.05) is 31.9 Å². The van der Waals surface area contributed by atoms with Gasteiger partial charge in [0.2, 0.25) is 0 Å². The van der Waals surface area contributed by atoms with Crippen LogP contribution in [0.5, 0.6) is 0 Å². The third-order valence-corrected chi connectivity index (χ3v) is 4.60. The number of nitrogens with zero attached hydrogens (tertiary/aromatic N) is 1. The molecule has 0 amide bonds. The molecule has 17 heavy (non-hydrogen) atoms. The summed E-state index contributed by atoms with van der Waals surface area (Å²) in [5.41, 5.74) is 0. The summed E-state index contributed by atoms with van der Waals surface area (Å²) in [5, 5.41) is 4.17. The van der Waals surface area contributed by atoms with Gasteiger partial charge >= 0.3 is 0 Å². The summed E-state index contributed by atoms with van der Waals surface area (Å²) in [6.45, 7) is 4.60. The Kier molecular flexibility index (Phi) is 4.31. The fourth-order valence-corrected chi connectivity index (χ4v) is 3.41. The van der Waals surface area contributed by atoms with Crippen molar-refractivity contribution >= 4 is 33.3 Å². The lowest BCUT2D eigenvalue weighted by atomic mass is 9.93. The van der Waals surface area contributed by atoms with E-state index in [2.05, 4.69) is 40.1 Å². The average molecular weight is 318 g/mol. The van der Waals surface area contributed by atoms with E-state index < -0.39 is 0 Å². The van der Waals surface area contributed by atoms with E-state index in [0.717, 1.165) is 16.2 Å². The Morgan fingerprint density at radius 2 is 2.29 bits per heavy atom. The molecule has 3 unspecified atom stereocenters. The van der Waals surface area contributed by atoms with E-state index in [1.165, 1.54) is 19.3 Å². The molecule has 1 aromatic rings. The maximum atomic E-state index is 6.17. The monoisotopic (exact) mass is 316 g/mol. The van der Waals surface area contributed by atoms with Gasteiger partial charge in [-0.3, -0.25) is 0 Å². The van der Waals surface area contributed by atoms with Gasteiger partial charge in [0.1, 0.15) is 5.82 Å². The largest absolute Gasteiger partial charge is 0.366 e. The summed E-state index contributed by atoms with van der Waals surface area (Å²) < 4.78 is 0.916. The van der Waals surface area contributed by atoms with Gasteiger partial charge in [-0.15, -0.1) is 0 Å². The normalized spacial score (nSPS) is 28.4. The van der Waals surface area contributed by atoms with Gasteiger partial charge in [0, 0.05) is 16.7 Å². The number of anilines is 1. The highest BCUT2D eigenvalue weighted by atomic mass is 79.9. The molecule has 0 saturated heterocycles. The van der Waals surface area contributed by atoms with Crippen LogP contribution in [-0.2, 0) is 0 Å². The summed E-state index contributed by atoms with van der Waals surface area (Å²) >= 11 is 9.54. The van der Waals surface area contributed by atoms with E-state index in [4.69, 9.17) is 11.6 Å². The predicted octanol–water partition coefficient (Wildman–Crippen LogP) is 4.73. The second-order valence-corrected chi connectivity index (χ2v) is 6.16. The van der Waals surface area contributed by atoms with Gasteiger partial charge in [0.25, 0.3) is 0 Å². The van der Waals surface area contributed by atoms with Gasteiger partial charge in [0.15, 0.2) is 0 Å². The molecule has 94 valence electrons. The van der Waals surface area contributed by atoms with Crippen LogP contribution < -0.4 is 5.32 Å². The van der Waals surface area contributed by atoms with E-state index in [9.17, 15) is 0 Å². The van der Waals surface area contributed by atoms with E-state index in [1.54, 1.807) is 6.20 Å². The van der Waals surface area contributed by atoms with Crippen LogP contribution in [-0.4, -0.2) is 11.0 Å². The summed E-state index contributed by atoms with van der Waals surface area (Å²) in [5.74, 6) is 2.34. The van der Waals surface area contributed by atoms with Crippen molar-refractivity contribution in [1.29, 1.82) is 0 Å². The number of nitrogens with one attached hydrogen (secondary N) is 1. The molecule has 1 aliphatic carbocycles. The zero-order valence-corrected chi connectivity index (χ0v) is 12.6. The molecular weight excluding hydrogens is 300 g/mol. The Morgan fingerprint density at radius 3 is 2.88 bits per heavy atom. The van der Waals surface area contributed by atoms with E-state index in [1.807, 2.05) is 6.07 Å². The molecule has 0 bridgehead atoms. The molecule has 1 aromatic heterocycles. The van der Waals surface area contributed by atoms with Crippen LogP contribution in [0.15, 0.2) is 16.7 Å². The van der Waals surface area contributed by atoms with Gasteiger partial charge in [-0.25, -0.2) is 4.98 Å². The fourth-order valence-electron chi connectivity index (χ4n) is 2.72. The molecule has 3 atom stereocenters. The standard InChI is InChI=1S/C13H18BrClN2/c1-3-9-4-5-12(8(9)2)17-13-11(15)6-10(14)7-16-13/h6-9,12H,3-5H2,1-2H3,(H,16,17). The highest BCUT2D eigenvalue weighted by molar-refractivity contribution is 9.10. The number of halogens is 2. The molecule has 1 aliphatic rings. The van der Waals surface area contributed by atoms with E-state index in [-0.39, 0.29) is 0 Å². The summed E-state index contributed by atoms with van der Waals surface area (Å²) in [6.07, 6.45) is 5.57. The molecule has 1 saturated carbocycles. The van der Waals surface area contributed by atoms with Crippen molar-refractivity contribution in [3.05, 3.63) is 21.8 Å². The smallest absolute Gasteiger partial charge is 0.145 e. The highest BCUT2D eigenvalue weighted by Crippen LogP contribution is 2.36. The fraction of sp³-hybridized carbons (Fsp3) is 0.615. The molecule has 4 heteroatoms. The van der Waals surface area contributed by atoms with Crippen molar-refractivity contribution in [2.45, 2.75) is 39.2 Å². The molecule has 0 aliphatic heterocycles. The van der Waals surface area contributed by atoms with Crippen LogP contribution in [0.25, 0.3) is 0 Å². The molecule has 1 fully saturated rings. The van der Waals surface area contributed by atoms with Gasteiger partial charge in [0.05, 0.1) is 5.02 Å². The minimum Gasteiger partial charge on any atom is -0.366 e. The Morgan fingerprint density at radius 1 is 1.53 bits per heavy atom. The summed E-state index contributed by atoms with van der Waals surface area (Å²) in [7, 11) is 0. The lowest BCUT2D eigenvalue weighted by molar-refractivity contribution is 0.391. The van der Waals surface area contributed by atoms with Crippen molar-refractivity contribution in [1.82, 2.24) is 4.98 Å². The Bertz CT molecular complexity index is 397. The SMILES string of the molecule is CCC1CCC(Nc2ncc(Br)cc2Cl)C1C. The lowest BCUT2D eigenvalue weighted by Crippen LogP contribution is -2.25. The average Bonchev–Trinajstić information content (AvgIpc) is 2.64. The first-order valence-electron chi connectivity index (χ1n) is 6.19. The number of aromatic nitrogens is 1. The highest BCUT2D eigenvalue weighted by Gasteiger charge is 2.31. The second kappa shape index (κ2) is 5.57. The van der Waals surface area contributed by atoms with Crippen molar-refractivity contribution in [2.75, 3.05) is 5.32 Å². The Labute approximate surface area is 116 Å². The Balaban J connectivity index is 2.06. The molecule has 1 heterocycles. The van der Waals surface area contributed by atoms with E-state index in [0.29, 0.717) is 17.0 Å². The van der Waals surface area contributed by atoms with Crippen LogP contribution in [0.1, 0.15) is 33.1 Å². The summed E-state index contributed by atoms with van der Waals surface area (Å²) in [6, 6.07) is 2.39. The van der Waals surface area contributed by atoms with Gasteiger partial charge < -0.3 is 5.32 Å².